The van der Waals surface area contributed by atoms with Gasteiger partial charge in [-0.05, 0) is 41.5 Å². The molecule has 0 heterocycles. The SMILES string of the molecule is CCSc1ccc(NC(=O)c2ccc3ccccc3c2OC)cc1. The maximum atomic E-state index is 12.7. The fourth-order valence-corrected chi connectivity index (χ4v) is 3.30. The summed E-state index contributed by atoms with van der Waals surface area (Å²) in [5, 5.41) is 4.92. The van der Waals surface area contributed by atoms with Crippen LogP contribution in [0.3, 0.4) is 0 Å². The third-order valence-electron chi connectivity index (χ3n) is 3.75. The maximum Gasteiger partial charge on any atom is 0.259 e. The number of nitrogens with one attached hydrogen (secondary N) is 1. The van der Waals surface area contributed by atoms with Gasteiger partial charge in [-0.15, -0.1) is 11.8 Å². The molecule has 3 rings (SSSR count). The molecule has 0 saturated carbocycles. The Hall–Kier alpha value is -2.46. The molecule has 0 aliphatic carbocycles. The van der Waals surface area contributed by atoms with E-state index in [2.05, 4.69) is 12.2 Å². The maximum absolute atomic E-state index is 12.7. The first-order valence-corrected chi connectivity index (χ1v) is 8.81. The lowest BCUT2D eigenvalue weighted by atomic mass is 10.0. The van der Waals surface area contributed by atoms with E-state index in [1.54, 1.807) is 24.9 Å². The molecule has 1 N–H and O–H groups in total. The fourth-order valence-electron chi connectivity index (χ4n) is 2.64. The Bertz CT molecular complexity index is 859. The summed E-state index contributed by atoms with van der Waals surface area (Å²) in [5.74, 6) is 1.46. The molecule has 4 heteroatoms. The molecule has 0 aromatic heterocycles. The molecule has 1 amide bonds. The van der Waals surface area contributed by atoms with E-state index >= 15 is 0 Å². The van der Waals surface area contributed by atoms with E-state index in [9.17, 15) is 4.79 Å². The first-order chi connectivity index (χ1) is 11.7. The third-order valence-corrected chi connectivity index (χ3v) is 4.65. The summed E-state index contributed by atoms with van der Waals surface area (Å²) in [5.41, 5.74) is 1.30. The lowest BCUT2D eigenvalue weighted by molar-refractivity contribution is 0.102. The number of carbonyl (C=O) groups excluding carboxylic acids is 1. The minimum Gasteiger partial charge on any atom is -0.495 e. The van der Waals surface area contributed by atoms with Crippen LogP contribution in [0.25, 0.3) is 10.8 Å². The van der Waals surface area contributed by atoms with Gasteiger partial charge in [0.2, 0.25) is 0 Å². The van der Waals surface area contributed by atoms with Gasteiger partial charge in [-0.3, -0.25) is 4.79 Å². The van der Waals surface area contributed by atoms with Crippen molar-refractivity contribution in [2.24, 2.45) is 0 Å². The Balaban J connectivity index is 1.88. The summed E-state index contributed by atoms with van der Waals surface area (Å²) >= 11 is 1.77. The molecule has 0 aliphatic heterocycles. The van der Waals surface area contributed by atoms with Gasteiger partial charge in [0.1, 0.15) is 5.75 Å². The predicted octanol–water partition coefficient (Wildman–Crippen LogP) is 5.21. The number of ether oxygens (including phenoxy) is 1. The highest BCUT2D eigenvalue weighted by Gasteiger charge is 2.15. The van der Waals surface area contributed by atoms with Gasteiger partial charge < -0.3 is 10.1 Å². The number of hydrogen-bond donors (Lipinski definition) is 1. The quantitative estimate of drug-likeness (QED) is 0.649. The topological polar surface area (TPSA) is 38.3 Å². The summed E-state index contributed by atoms with van der Waals surface area (Å²) in [6.07, 6.45) is 0. The number of benzene rings is 3. The van der Waals surface area contributed by atoms with Gasteiger partial charge in [0.25, 0.3) is 5.91 Å². The molecule has 0 unspecified atom stereocenters. The predicted molar refractivity (Wildman–Crippen MR) is 101 cm³/mol. The zero-order valence-electron chi connectivity index (χ0n) is 13.7. The average Bonchev–Trinajstić information content (AvgIpc) is 2.62. The minimum atomic E-state index is -0.173. The zero-order chi connectivity index (χ0) is 16.9. The van der Waals surface area contributed by atoms with Gasteiger partial charge >= 0.3 is 0 Å². The Morgan fingerprint density at radius 1 is 1.04 bits per heavy atom. The number of rotatable bonds is 5. The molecule has 0 radical (unpaired) electrons. The van der Waals surface area contributed by atoms with Gasteiger partial charge in [-0.2, -0.15) is 0 Å². The third kappa shape index (κ3) is 3.39. The minimum absolute atomic E-state index is 0.173. The summed E-state index contributed by atoms with van der Waals surface area (Å²) in [7, 11) is 1.59. The van der Waals surface area contributed by atoms with E-state index in [4.69, 9.17) is 4.74 Å². The Kier molecular flexibility index (Phi) is 5.06. The van der Waals surface area contributed by atoms with Crippen molar-refractivity contribution >= 4 is 34.1 Å². The van der Waals surface area contributed by atoms with E-state index < -0.39 is 0 Å². The first-order valence-electron chi connectivity index (χ1n) is 7.83. The molecule has 0 fully saturated rings. The number of amides is 1. The van der Waals surface area contributed by atoms with Gasteiger partial charge in [-0.1, -0.05) is 37.3 Å². The average molecular weight is 337 g/mol. The lowest BCUT2D eigenvalue weighted by Gasteiger charge is -2.12. The smallest absolute Gasteiger partial charge is 0.259 e. The normalized spacial score (nSPS) is 10.6. The molecule has 3 aromatic rings. The van der Waals surface area contributed by atoms with E-state index in [1.807, 2.05) is 54.6 Å². The van der Waals surface area contributed by atoms with Crippen LogP contribution in [0.5, 0.6) is 5.75 Å². The fraction of sp³-hybridized carbons (Fsp3) is 0.150. The summed E-state index contributed by atoms with van der Waals surface area (Å²) in [4.78, 5) is 13.8. The molecule has 0 saturated heterocycles. The van der Waals surface area contributed by atoms with Gasteiger partial charge in [0, 0.05) is 16.0 Å². The highest BCUT2D eigenvalue weighted by atomic mass is 32.2. The van der Waals surface area contributed by atoms with Crippen molar-refractivity contribution in [2.75, 3.05) is 18.2 Å². The number of fused-ring (bicyclic) bond motifs is 1. The van der Waals surface area contributed by atoms with Crippen LogP contribution in [0.15, 0.2) is 65.6 Å². The second-order valence-corrected chi connectivity index (χ2v) is 6.62. The van der Waals surface area contributed by atoms with Crippen LogP contribution >= 0.6 is 11.8 Å². The number of methoxy groups -OCH3 is 1. The highest BCUT2D eigenvalue weighted by Crippen LogP contribution is 2.30. The molecule has 24 heavy (non-hydrogen) atoms. The van der Waals surface area contributed by atoms with Crippen LogP contribution in [-0.2, 0) is 0 Å². The summed E-state index contributed by atoms with van der Waals surface area (Å²) in [6.45, 7) is 2.12. The second kappa shape index (κ2) is 7.41. The molecular formula is C20H19NO2S. The van der Waals surface area contributed by atoms with Crippen LogP contribution in [0.4, 0.5) is 5.69 Å². The van der Waals surface area contributed by atoms with E-state index in [1.165, 1.54) is 4.90 Å². The van der Waals surface area contributed by atoms with Crippen molar-refractivity contribution in [1.82, 2.24) is 0 Å². The lowest BCUT2D eigenvalue weighted by Crippen LogP contribution is -2.13. The summed E-state index contributed by atoms with van der Waals surface area (Å²) in [6, 6.07) is 19.5. The molecular weight excluding hydrogens is 318 g/mol. The first kappa shape index (κ1) is 16.4. The van der Waals surface area contributed by atoms with Crippen LogP contribution in [0.2, 0.25) is 0 Å². The van der Waals surface area contributed by atoms with Gasteiger partial charge in [0.15, 0.2) is 0 Å². The van der Waals surface area contributed by atoms with Crippen LogP contribution < -0.4 is 10.1 Å². The molecule has 0 bridgehead atoms. The largest absolute Gasteiger partial charge is 0.495 e. The molecule has 0 atom stereocenters. The highest BCUT2D eigenvalue weighted by molar-refractivity contribution is 7.99. The van der Waals surface area contributed by atoms with E-state index in [0.717, 1.165) is 22.2 Å². The van der Waals surface area contributed by atoms with Crippen molar-refractivity contribution in [3.63, 3.8) is 0 Å². The van der Waals surface area contributed by atoms with E-state index in [-0.39, 0.29) is 5.91 Å². The van der Waals surface area contributed by atoms with Crippen molar-refractivity contribution in [3.8, 4) is 5.75 Å². The Labute approximate surface area is 146 Å². The van der Waals surface area contributed by atoms with Crippen molar-refractivity contribution in [2.45, 2.75) is 11.8 Å². The number of anilines is 1. The van der Waals surface area contributed by atoms with Crippen molar-refractivity contribution < 1.29 is 9.53 Å². The Morgan fingerprint density at radius 2 is 1.79 bits per heavy atom. The number of carbonyl (C=O) groups is 1. The van der Waals surface area contributed by atoms with Gasteiger partial charge in [0.05, 0.1) is 12.7 Å². The molecule has 122 valence electrons. The molecule has 0 aliphatic rings. The molecule has 3 aromatic carbocycles. The standard InChI is InChI=1S/C20H19NO2S/c1-3-24-16-11-9-15(10-12-16)21-20(22)18-13-8-14-6-4-5-7-17(14)19(18)23-2/h4-13H,3H2,1-2H3,(H,21,22). The summed E-state index contributed by atoms with van der Waals surface area (Å²) < 4.78 is 5.50. The number of hydrogen-bond acceptors (Lipinski definition) is 3. The van der Waals surface area contributed by atoms with Crippen molar-refractivity contribution in [3.05, 3.63) is 66.2 Å². The Morgan fingerprint density at radius 3 is 2.50 bits per heavy atom. The number of thioether (sulfide) groups is 1. The van der Waals surface area contributed by atoms with Crippen LogP contribution in [-0.4, -0.2) is 18.8 Å². The molecule has 3 nitrogen and oxygen atoms in total. The van der Waals surface area contributed by atoms with E-state index in [0.29, 0.717) is 11.3 Å². The van der Waals surface area contributed by atoms with Crippen molar-refractivity contribution in [1.29, 1.82) is 0 Å². The monoisotopic (exact) mass is 337 g/mol. The van der Waals surface area contributed by atoms with Gasteiger partial charge in [-0.25, -0.2) is 0 Å². The zero-order valence-corrected chi connectivity index (χ0v) is 14.5. The van der Waals surface area contributed by atoms with Crippen LogP contribution in [0.1, 0.15) is 17.3 Å². The molecule has 0 spiro atoms. The van der Waals surface area contributed by atoms with Crippen LogP contribution in [0, 0.1) is 0 Å². The second-order valence-electron chi connectivity index (χ2n) is 5.28.